The summed E-state index contributed by atoms with van der Waals surface area (Å²) in [6.45, 7) is 8.51. The van der Waals surface area contributed by atoms with Crippen molar-refractivity contribution < 1.29 is 14.6 Å². The van der Waals surface area contributed by atoms with Crippen molar-refractivity contribution in [2.45, 2.75) is 58.6 Å². The average Bonchev–Trinajstić information content (AvgIpc) is 2.38. The van der Waals surface area contributed by atoms with Crippen LogP contribution in [0.4, 0.5) is 0 Å². The van der Waals surface area contributed by atoms with Crippen molar-refractivity contribution in [3.8, 4) is 5.75 Å². The first-order valence-electron chi connectivity index (χ1n) is 7.56. The first kappa shape index (κ1) is 17.5. The van der Waals surface area contributed by atoms with Crippen LogP contribution in [0.2, 0.25) is 0 Å². The molecule has 1 rings (SSSR count). The van der Waals surface area contributed by atoms with Crippen LogP contribution in [0.3, 0.4) is 0 Å². The average molecular weight is 293 g/mol. The van der Waals surface area contributed by atoms with Crippen LogP contribution in [0.1, 0.15) is 46.1 Å². The zero-order chi connectivity index (χ0) is 15.9. The van der Waals surface area contributed by atoms with Crippen LogP contribution in [0.15, 0.2) is 24.3 Å². The Morgan fingerprint density at radius 3 is 2.43 bits per heavy atom. The molecule has 1 aromatic rings. The quantitative estimate of drug-likeness (QED) is 0.599. The van der Waals surface area contributed by atoms with E-state index in [1.807, 2.05) is 32.9 Å². The lowest BCUT2D eigenvalue weighted by molar-refractivity contribution is -0.157. The monoisotopic (exact) mass is 293 g/mol. The zero-order valence-corrected chi connectivity index (χ0v) is 13.5. The second kappa shape index (κ2) is 8.03. The summed E-state index contributed by atoms with van der Waals surface area (Å²) in [4.78, 5) is 12.3. The number of nitrogens with one attached hydrogen (secondary N) is 1. The highest BCUT2D eigenvalue weighted by Crippen LogP contribution is 2.14. The summed E-state index contributed by atoms with van der Waals surface area (Å²) in [7, 11) is 0. The fourth-order valence-electron chi connectivity index (χ4n) is 1.93. The van der Waals surface area contributed by atoms with Gasteiger partial charge in [0.1, 0.15) is 17.4 Å². The van der Waals surface area contributed by atoms with Gasteiger partial charge in [0.05, 0.1) is 0 Å². The van der Waals surface area contributed by atoms with E-state index in [1.165, 1.54) is 0 Å². The molecule has 4 heteroatoms. The van der Waals surface area contributed by atoms with E-state index in [9.17, 15) is 9.90 Å². The number of phenols is 1. The number of aromatic hydroxyl groups is 1. The molecule has 0 saturated heterocycles. The summed E-state index contributed by atoms with van der Waals surface area (Å²) in [5, 5.41) is 12.6. The first-order chi connectivity index (χ1) is 9.81. The lowest BCUT2D eigenvalue weighted by Gasteiger charge is -2.24. The van der Waals surface area contributed by atoms with Crippen molar-refractivity contribution >= 4 is 5.97 Å². The number of esters is 1. The third-order valence-corrected chi connectivity index (χ3v) is 2.99. The number of benzene rings is 1. The van der Waals surface area contributed by atoms with E-state index < -0.39 is 5.60 Å². The SMILES string of the molecule is CCCCNC(Cc1ccc(O)cc1)C(=O)OC(C)(C)C. The van der Waals surface area contributed by atoms with E-state index in [2.05, 4.69) is 12.2 Å². The van der Waals surface area contributed by atoms with Crippen molar-refractivity contribution in [2.24, 2.45) is 0 Å². The van der Waals surface area contributed by atoms with E-state index in [-0.39, 0.29) is 17.8 Å². The molecule has 1 unspecified atom stereocenters. The number of unbranched alkanes of at least 4 members (excludes halogenated alkanes) is 1. The predicted molar refractivity (Wildman–Crippen MR) is 84.4 cm³/mol. The topological polar surface area (TPSA) is 58.6 Å². The number of hydrogen-bond acceptors (Lipinski definition) is 4. The molecule has 0 saturated carbocycles. The van der Waals surface area contributed by atoms with Crippen molar-refractivity contribution in [3.63, 3.8) is 0 Å². The third kappa shape index (κ3) is 7.14. The fraction of sp³-hybridized carbons (Fsp3) is 0.588. The summed E-state index contributed by atoms with van der Waals surface area (Å²) >= 11 is 0. The Bertz CT molecular complexity index is 434. The number of hydrogen-bond donors (Lipinski definition) is 2. The van der Waals surface area contributed by atoms with Crippen LogP contribution in [-0.2, 0) is 16.0 Å². The summed E-state index contributed by atoms with van der Waals surface area (Å²) in [5.41, 5.74) is 0.504. The molecule has 0 amide bonds. The minimum Gasteiger partial charge on any atom is -0.508 e. The van der Waals surface area contributed by atoms with Crippen LogP contribution in [-0.4, -0.2) is 29.3 Å². The Labute approximate surface area is 127 Å². The highest BCUT2D eigenvalue weighted by molar-refractivity contribution is 5.76. The van der Waals surface area contributed by atoms with Crippen molar-refractivity contribution in [1.82, 2.24) is 5.32 Å². The molecule has 0 spiro atoms. The summed E-state index contributed by atoms with van der Waals surface area (Å²) in [6.07, 6.45) is 2.65. The van der Waals surface area contributed by atoms with Gasteiger partial charge in [0.25, 0.3) is 0 Å². The zero-order valence-electron chi connectivity index (χ0n) is 13.5. The highest BCUT2D eigenvalue weighted by Gasteiger charge is 2.24. The molecule has 0 aliphatic rings. The number of ether oxygens (including phenoxy) is 1. The van der Waals surface area contributed by atoms with E-state index in [0.29, 0.717) is 6.42 Å². The third-order valence-electron chi connectivity index (χ3n) is 2.99. The van der Waals surface area contributed by atoms with Crippen molar-refractivity contribution in [3.05, 3.63) is 29.8 Å². The Hall–Kier alpha value is -1.55. The molecule has 0 bridgehead atoms. The van der Waals surface area contributed by atoms with Gasteiger partial charge in [0, 0.05) is 0 Å². The van der Waals surface area contributed by atoms with Gasteiger partial charge >= 0.3 is 5.97 Å². The number of carbonyl (C=O) groups excluding carboxylic acids is 1. The largest absolute Gasteiger partial charge is 0.508 e. The van der Waals surface area contributed by atoms with Crippen molar-refractivity contribution in [1.29, 1.82) is 0 Å². The maximum atomic E-state index is 12.3. The van der Waals surface area contributed by atoms with E-state index >= 15 is 0 Å². The smallest absolute Gasteiger partial charge is 0.323 e. The Balaban J connectivity index is 2.71. The molecule has 1 aromatic carbocycles. The van der Waals surface area contributed by atoms with Gasteiger partial charge in [0.2, 0.25) is 0 Å². The van der Waals surface area contributed by atoms with Gasteiger partial charge in [0.15, 0.2) is 0 Å². The van der Waals surface area contributed by atoms with E-state index in [1.54, 1.807) is 12.1 Å². The normalized spacial score (nSPS) is 13.0. The van der Waals surface area contributed by atoms with Gasteiger partial charge in [-0.1, -0.05) is 25.5 Å². The van der Waals surface area contributed by atoms with Gasteiger partial charge in [-0.15, -0.1) is 0 Å². The van der Waals surface area contributed by atoms with Crippen LogP contribution in [0.25, 0.3) is 0 Å². The second-order valence-corrected chi connectivity index (χ2v) is 6.26. The molecule has 1 atom stereocenters. The first-order valence-corrected chi connectivity index (χ1v) is 7.56. The minimum absolute atomic E-state index is 0.228. The number of carbonyl (C=O) groups is 1. The molecule has 0 radical (unpaired) electrons. The van der Waals surface area contributed by atoms with Gasteiger partial charge in [-0.05, 0) is 57.9 Å². The van der Waals surface area contributed by atoms with Gasteiger partial charge in [-0.3, -0.25) is 4.79 Å². The molecule has 4 nitrogen and oxygen atoms in total. The highest BCUT2D eigenvalue weighted by atomic mass is 16.6. The maximum Gasteiger partial charge on any atom is 0.323 e. The fourth-order valence-corrected chi connectivity index (χ4v) is 1.93. The molecule has 0 aliphatic heterocycles. The van der Waals surface area contributed by atoms with Gasteiger partial charge in [-0.2, -0.15) is 0 Å². The summed E-state index contributed by atoms with van der Waals surface area (Å²) < 4.78 is 5.48. The molecule has 0 fully saturated rings. The maximum absolute atomic E-state index is 12.3. The van der Waals surface area contributed by atoms with Gasteiger partial charge in [-0.25, -0.2) is 0 Å². The van der Waals surface area contributed by atoms with Crippen molar-refractivity contribution in [2.75, 3.05) is 6.54 Å². The standard InChI is InChI=1S/C17H27NO3/c1-5-6-11-18-15(16(20)21-17(2,3)4)12-13-7-9-14(19)10-8-13/h7-10,15,18-19H,5-6,11-12H2,1-4H3. The molecule has 118 valence electrons. The number of phenolic OH excluding ortho intramolecular Hbond substituents is 1. The van der Waals surface area contributed by atoms with E-state index in [0.717, 1.165) is 24.9 Å². The van der Waals surface area contributed by atoms with Crippen LogP contribution >= 0.6 is 0 Å². The lowest BCUT2D eigenvalue weighted by Crippen LogP contribution is -2.43. The second-order valence-electron chi connectivity index (χ2n) is 6.26. The summed E-state index contributed by atoms with van der Waals surface area (Å²) in [5.74, 6) is -0.00168. The lowest BCUT2D eigenvalue weighted by atomic mass is 10.0. The molecule has 0 heterocycles. The Morgan fingerprint density at radius 1 is 1.29 bits per heavy atom. The van der Waals surface area contributed by atoms with Crippen LogP contribution in [0, 0.1) is 0 Å². The molecule has 0 aromatic heterocycles. The van der Waals surface area contributed by atoms with Gasteiger partial charge < -0.3 is 15.2 Å². The Morgan fingerprint density at radius 2 is 1.90 bits per heavy atom. The summed E-state index contributed by atoms with van der Waals surface area (Å²) in [6, 6.07) is 6.56. The minimum atomic E-state index is -0.489. The van der Waals surface area contributed by atoms with Crippen LogP contribution < -0.4 is 5.32 Å². The molecule has 2 N–H and O–H groups in total. The molecule has 0 aliphatic carbocycles. The molecular formula is C17H27NO3. The molecule has 21 heavy (non-hydrogen) atoms. The van der Waals surface area contributed by atoms with Crippen LogP contribution in [0.5, 0.6) is 5.75 Å². The molecular weight excluding hydrogens is 266 g/mol. The Kier molecular flexibility index (Phi) is 6.69. The van der Waals surface area contributed by atoms with E-state index in [4.69, 9.17) is 4.74 Å². The predicted octanol–water partition coefficient (Wildman–Crippen LogP) is 3.03. The number of rotatable bonds is 7.